The van der Waals surface area contributed by atoms with Crippen LogP contribution >= 0.6 is 0 Å². The molecule has 5 atom stereocenters. The van der Waals surface area contributed by atoms with Crippen molar-refractivity contribution in [2.75, 3.05) is 6.61 Å². The Labute approximate surface area is 93.9 Å². The van der Waals surface area contributed by atoms with E-state index in [1.165, 1.54) is 0 Å². The molecule has 1 saturated heterocycles. The van der Waals surface area contributed by atoms with Crippen molar-refractivity contribution in [2.45, 2.75) is 30.7 Å². The molecule has 6 nitrogen and oxygen atoms in total. The van der Waals surface area contributed by atoms with Gasteiger partial charge in [0.1, 0.15) is 24.4 Å². The van der Waals surface area contributed by atoms with Crippen molar-refractivity contribution >= 4 is 26.2 Å². The van der Waals surface area contributed by atoms with Crippen LogP contribution in [-0.2, 0) is 4.74 Å². The van der Waals surface area contributed by atoms with Crippen molar-refractivity contribution in [3.63, 3.8) is 0 Å². The van der Waals surface area contributed by atoms with E-state index in [0.29, 0.717) is 0 Å². The predicted molar refractivity (Wildman–Crippen MR) is 45.9 cm³/mol. The summed E-state index contributed by atoms with van der Waals surface area (Å²) in [6, 6.07) is 0. The first-order chi connectivity index (χ1) is 5.57. The zero-order chi connectivity index (χ0) is 9.30. The zero-order valence-corrected chi connectivity index (χ0v) is 12.4. The Bertz CT molecular complexity index is 151. The van der Waals surface area contributed by atoms with Crippen molar-refractivity contribution in [2.24, 2.45) is 0 Å². The first-order valence-electron chi connectivity index (χ1n) is 3.56. The van der Waals surface area contributed by atoms with Gasteiger partial charge in [0.2, 0.25) is 0 Å². The number of hydrogen-bond donors (Lipinski definition) is 5. The number of rotatable bonds is 1. The maximum atomic E-state index is 9.12. The van der Waals surface area contributed by atoms with Gasteiger partial charge in [0.05, 0.1) is 6.61 Å². The minimum absolute atomic E-state index is 0. The Hall–Kier alpha value is 0.643. The van der Waals surface area contributed by atoms with E-state index in [4.69, 9.17) is 25.5 Å². The van der Waals surface area contributed by atoms with E-state index in [1.807, 2.05) is 0 Å². The van der Waals surface area contributed by atoms with E-state index in [2.05, 4.69) is 4.74 Å². The van der Waals surface area contributed by atoms with Gasteiger partial charge < -0.3 is 30.3 Å². The summed E-state index contributed by atoms with van der Waals surface area (Å²) in [5.41, 5.74) is 0. The van der Waals surface area contributed by atoms with Gasteiger partial charge in [-0.1, -0.05) is 0 Å². The molecule has 1 heterocycles. The molecular weight excluding hydrogens is 377 g/mol. The fraction of sp³-hybridized carbons (Fsp3) is 1.00. The second kappa shape index (κ2) is 5.51. The molecule has 5 N–H and O–H groups in total. The maximum absolute atomic E-state index is 9.12. The average Bonchev–Trinajstić information content (AvgIpc) is 2.08. The standard InChI is InChI=1S/C6H12O6.Bi.3H/c7-1-2-3(8)4(9)5(10)6(11)12-2;;;;/h2-11H,1H2;;;;/t2-,3-,4+,5-,6+;;;;/m1..../s1. The third kappa shape index (κ3) is 2.79. The first-order valence-corrected chi connectivity index (χ1v) is 3.56. The summed E-state index contributed by atoms with van der Waals surface area (Å²) in [6.45, 7) is -0.526. The van der Waals surface area contributed by atoms with E-state index in [1.54, 1.807) is 0 Å². The van der Waals surface area contributed by atoms with Crippen LogP contribution in [0.3, 0.4) is 0 Å². The van der Waals surface area contributed by atoms with Gasteiger partial charge in [-0.2, -0.15) is 0 Å². The molecule has 0 radical (unpaired) electrons. The topological polar surface area (TPSA) is 110 Å². The third-order valence-corrected chi connectivity index (χ3v) is 1.87. The number of ether oxygens (including phenoxy) is 1. The van der Waals surface area contributed by atoms with Gasteiger partial charge >= 0.3 is 26.2 Å². The summed E-state index contributed by atoms with van der Waals surface area (Å²) < 4.78 is 4.58. The van der Waals surface area contributed by atoms with E-state index in [9.17, 15) is 0 Å². The Morgan fingerprint density at radius 2 is 1.46 bits per heavy atom. The van der Waals surface area contributed by atoms with E-state index in [-0.39, 0.29) is 26.2 Å². The molecule has 7 heteroatoms. The molecule has 1 aliphatic rings. The fourth-order valence-electron chi connectivity index (χ4n) is 1.08. The van der Waals surface area contributed by atoms with Gasteiger partial charge in [0, 0.05) is 0 Å². The molecule has 0 unspecified atom stereocenters. The van der Waals surface area contributed by atoms with Crippen LogP contribution in [0.5, 0.6) is 0 Å². The summed E-state index contributed by atoms with van der Waals surface area (Å²) in [7, 11) is 0. The van der Waals surface area contributed by atoms with Gasteiger partial charge in [-0.25, -0.2) is 0 Å². The van der Waals surface area contributed by atoms with Crippen LogP contribution < -0.4 is 0 Å². The second-order valence-electron chi connectivity index (χ2n) is 2.72. The van der Waals surface area contributed by atoms with Gasteiger partial charge in [-0.3, -0.25) is 0 Å². The molecule has 0 amide bonds. The normalized spacial score (nSPS) is 45.5. The number of aliphatic hydroxyl groups excluding tert-OH is 5. The van der Waals surface area contributed by atoms with E-state index in [0.717, 1.165) is 0 Å². The molecule has 0 aromatic rings. The van der Waals surface area contributed by atoms with Gasteiger partial charge in [-0.15, -0.1) is 0 Å². The Balaban J connectivity index is 0.00000144. The molecule has 0 aromatic carbocycles. The van der Waals surface area contributed by atoms with Gasteiger partial charge in [0.15, 0.2) is 6.29 Å². The quantitative estimate of drug-likeness (QED) is 0.289. The molecule has 1 rings (SSSR count). The molecule has 1 fully saturated rings. The van der Waals surface area contributed by atoms with Crippen LogP contribution in [0.4, 0.5) is 0 Å². The van der Waals surface area contributed by atoms with Crippen LogP contribution in [0.2, 0.25) is 0 Å². The van der Waals surface area contributed by atoms with Crippen LogP contribution in [0.1, 0.15) is 0 Å². The monoisotopic (exact) mass is 392 g/mol. The summed E-state index contributed by atoms with van der Waals surface area (Å²) in [5.74, 6) is 0. The average molecular weight is 392 g/mol. The van der Waals surface area contributed by atoms with Crippen molar-refractivity contribution in [3.8, 4) is 0 Å². The molecule has 0 aromatic heterocycles. The van der Waals surface area contributed by atoms with Crippen LogP contribution in [0, 0.1) is 0 Å². The van der Waals surface area contributed by atoms with Crippen molar-refractivity contribution in [1.82, 2.24) is 0 Å². The van der Waals surface area contributed by atoms with E-state index >= 15 is 0 Å². The molecule has 0 bridgehead atoms. The molecule has 1 aliphatic heterocycles. The molecule has 80 valence electrons. The summed E-state index contributed by atoms with van der Waals surface area (Å²) in [4.78, 5) is 0. The molecule has 0 aliphatic carbocycles. The summed E-state index contributed by atoms with van der Waals surface area (Å²) >= 11 is 0. The predicted octanol–water partition coefficient (Wildman–Crippen LogP) is -4.41. The number of aliphatic hydroxyl groups is 5. The van der Waals surface area contributed by atoms with Crippen LogP contribution in [0.15, 0.2) is 0 Å². The van der Waals surface area contributed by atoms with Crippen molar-refractivity contribution in [3.05, 3.63) is 0 Å². The fourth-order valence-corrected chi connectivity index (χ4v) is 1.08. The van der Waals surface area contributed by atoms with Gasteiger partial charge in [-0.05, 0) is 0 Å². The van der Waals surface area contributed by atoms with Gasteiger partial charge in [0.25, 0.3) is 0 Å². The molecule has 0 saturated carbocycles. The van der Waals surface area contributed by atoms with Crippen molar-refractivity contribution < 1.29 is 30.3 Å². The third-order valence-electron chi connectivity index (χ3n) is 1.87. The summed E-state index contributed by atoms with van der Waals surface area (Å²) in [6.07, 6.45) is -7.04. The summed E-state index contributed by atoms with van der Waals surface area (Å²) in [5, 5.41) is 44.7. The number of hydrogen-bond acceptors (Lipinski definition) is 6. The Morgan fingerprint density at radius 3 is 1.92 bits per heavy atom. The first kappa shape index (κ1) is 13.6. The molecular formula is C6H15BiO6. The van der Waals surface area contributed by atoms with Crippen LogP contribution in [-0.4, -0.2) is 89.0 Å². The Morgan fingerprint density at radius 1 is 0.923 bits per heavy atom. The molecule has 0 spiro atoms. The SMILES string of the molecule is OC[C@H]1O[C@H](O)[C@H](O)[C@@H](O)[C@@H]1O.[BiH3]. The Kier molecular flexibility index (Phi) is 5.78. The second-order valence-corrected chi connectivity index (χ2v) is 2.72. The zero-order valence-electron chi connectivity index (χ0n) is 6.95. The van der Waals surface area contributed by atoms with Crippen molar-refractivity contribution in [1.29, 1.82) is 0 Å². The van der Waals surface area contributed by atoms with Crippen LogP contribution in [0.25, 0.3) is 0 Å². The van der Waals surface area contributed by atoms with E-state index < -0.39 is 37.3 Å². The minimum atomic E-state index is -1.57. The molecule has 13 heavy (non-hydrogen) atoms.